The van der Waals surface area contributed by atoms with Crippen LogP contribution in [-0.2, 0) is 18.4 Å². The van der Waals surface area contributed by atoms with Gasteiger partial charge in [0.25, 0.3) is 0 Å². The lowest BCUT2D eigenvalue weighted by Crippen LogP contribution is -2.42. The third kappa shape index (κ3) is 4.77. The number of hydrogen-bond acceptors (Lipinski definition) is 6. The number of pyridine rings is 1. The monoisotopic (exact) mass is 335 g/mol. The standard InChI is InChI=1S/C15H21N5O2S/c1-3-13(9-21)20(8-12-4-6-16-7-5-12)14(22)10-23-15-18-17-11-19(15)2/h4-7,11,13,21H,3,8-10H2,1-2H3. The molecule has 0 saturated heterocycles. The second-order valence-electron chi connectivity index (χ2n) is 5.13. The van der Waals surface area contributed by atoms with Gasteiger partial charge in [0.15, 0.2) is 5.16 Å². The van der Waals surface area contributed by atoms with Gasteiger partial charge in [-0.1, -0.05) is 18.7 Å². The molecule has 1 amide bonds. The lowest BCUT2D eigenvalue weighted by atomic mass is 10.1. The highest BCUT2D eigenvalue weighted by molar-refractivity contribution is 7.99. The second-order valence-corrected chi connectivity index (χ2v) is 6.08. The molecular weight excluding hydrogens is 314 g/mol. The first-order chi connectivity index (χ1) is 11.2. The summed E-state index contributed by atoms with van der Waals surface area (Å²) in [6.07, 6.45) is 5.70. The molecule has 23 heavy (non-hydrogen) atoms. The molecule has 0 spiro atoms. The highest BCUT2D eigenvalue weighted by Crippen LogP contribution is 2.17. The summed E-state index contributed by atoms with van der Waals surface area (Å²) in [4.78, 5) is 18.3. The lowest BCUT2D eigenvalue weighted by molar-refractivity contribution is -0.132. The van der Waals surface area contributed by atoms with Crippen molar-refractivity contribution in [2.75, 3.05) is 12.4 Å². The number of carbonyl (C=O) groups excluding carboxylic acids is 1. The minimum atomic E-state index is -0.198. The van der Waals surface area contributed by atoms with E-state index in [1.54, 1.807) is 28.2 Å². The van der Waals surface area contributed by atoms with Crippen LogP contribution >= 0.6 is 11.8 Å². The summed E-state index contributed by atoms with van der Waals surface area (Å²) in [7, 11) is 1.84. The highest BCUT2D eigenvalue weighted by Gasteiger charge is 2.22. The van der Waals surface area contributed by atoms with Gasteiger partial charge in [0.2, 0.25) is 5.91 Å². The van der Waals surface area contributed by atoms with Gasteiger partial charge in [-0.05, 0) is 24.1 Å². The van der Waals surface area contributed by atoms with Crippen LogP contribution in [0.15, 0.2) is 36.0 Å². The molecule has 2 aromatic heterocycles. The second kappa shape index (κ2) is 8.64. The number of hydrogen-bond donors (Lipinski definition) is 1. The molecule has 0 bridgehead atoms. The first-order valence-corrected chi connectivity index (χ1v) is 8.40. The molecule has 0 aromatic carbocycles. The number of carbonyl (C=O) groups is 1. The predicted molar refractivity (Wildman–Crippen MR) is 87.7 cm³/mol. The fourth-order valence-electron chi connectivity index (χ4n) is 2.17. The van der Waals surface area contributed by atoms with Crippen molar-refractivity contribution in [3.8, 4) is 0 Å². The van der Waals surface area contributed by atoms with Crippen molar-refractivity contribution >= 4 is 17.7 Å². The van der Waals surface area contributed by atoms with Crippen LogP contribution in [0.1, 0.15) is 18.9 Å². The minimum absolute atomic E-state index is 0.0317. The number of thioether (sulfide) groups is 1. The topological polar surface area (TPSA) is 84.1 Å². The summed E-state index contributed by atoms with van der Waals surface area (Å²) < 4.78 is 1.77. The van der Waals surface area contributed by atoms with Crippen LogP contribution in [0.25, 0.3) is 0 Å². The largest absolute Gasteiger partial charge is 0.394 e. The van der Waals surface area contributed by atoms with E-state index in [-0.39, 0.29) is 24.3 Å². The van der Waals surface area contributed by atoms with Crippen LogP contribution < -0.4 is 0 Å². The molecule has 124 valence electrons. The minimum Gasteiger partial charge on any atom is -0.394 e. The van der Waals surface area contributed by atoms with Crippen LogP contribution in [0.2, 0.25) is 0 Å². The molecule has 0 fully saturated rings. The van der Waals surface area contributed by atoms with Crippen LogP contribution in [0.5, 0.6) is 0 Å². The van der Waals surface area contributed by atoms with Crippen molar-refractivity contribution in [3.05, 3.63) is 36.4 Å². The van der Waals surface area contributed by atoms with E-state index in [1.807, 2.05) is 26.1 Å². The zero-order valence-electron chi connectivity index (χ0n) is 13.3. The summed E-state index contributed by atoms with van der Waals surface area (Å²) in [6, 6.07) is 3.55. The summed E-state index contributed by atoms with van der Waals surface area (Å²) in [5.41, 5.74) is 0.990. The molecule has 1 unspecified atom stereocenters. The SMILES string of the molecule is CCC(CO)N(Cc1ccncc1)C(=O)CSc1nncn1C. The fraction of sp³-hybridized carbons (Fsp3) is 0.467. The summed E-state index contributed by atoms with van der Waals surface area (Å²) in [6.45, 7) is 2.37. The maximum Gasteiger partial charge on any atom is 0.233 e. The number of aliphatic hydroxyl groups is 1. The third-order valence-corrected chi connectivity index (χ3v) is 4.56. The van der Waals surface area contributed by atoms with Gasteiger partial charge in [0, 0.05) is 26.0 Å². The number of rotatable bonds is 8. The van der Waals surface area contributed by atoms with Gasteiger partial charge in [0.1, 0.15) is 6.33 Å². The Hall–Kier alpha value is -1.93. The molecule has 0 aliphatic carbocycles. The lowest BCUT2D eigenvalue weighted by Gasteiger charge is -2.30. The van der Waals surface area contributed by atoms with Gasteiger partial charge in [-0.2, -0.15) is 0 Å². The molecule has 0 saturated carbocycles. The van der Waals surface area contributed by atoms with E-state index >= 15 is 0 Å². The molecule has 2 heterocycles. The maximum atomic E-state index is 12.6. The van der Waals surface area contributed by atoms with Crippen molar-refractivity contribution in [2.24, 2.45) is 7.05 Å². The smallest absolute Gasteiger partial charge is 0.233 e. The predicted octanol–water partition coefficient (Wildman–Crippen LogP) is 1.10. The van der Waals surface area contributed by atoms with Crippen LogP contribution in [0.4, 0.5) is 0 Å². The maximum absolute atomic E-state index is 12.6. The number of aromatic nitrogens is 4. The number of aryl methyl sites for hydroxylation is 1. The Balaban J connectivity index is 2.06. The first-order valence-electron chi connectivity index (χ1n) is 7.41. The van der Waals surface area contributed by atoms with Gasteiger partial charge in [-0.3, -0.25) is 9.78 Å². The Morgan fingerprint density at radius 2 is 2.17 bits per heavy atom. The zero-order valence-corrected chi connectivity index (χ0v) is 14.1. The Morgan fingerprint density at radius 3 is 2.74 bits per heavy atom. The van der Waals surface area contributed by atoms with E-state index in [9.17, 15) is 9.90 Å². The molecule has 2 aromatic rings. The van der Waals surface area contributed by atoms with Crippen molar-refractivity contribution in [2.45, 2.75) is 31.1 Å². The van der Waals surface area contributed by atoms with Crippen molar-refractivity contribution in [3.63, 3.8) is 0 Å². The number of amides is 1. The van der Waals surface area contributed by atoms with Crippen molar-refractivity contribution in [1.29, 1.82) is 0 Å². The van der Waals surface area contributed by atoms with Crippen molar-refractivity contribution < 1.29 is 9.90 Å². The van der Waals surface area contributed by atoms with Gasteiger partial charge in [-0.25, -0.2) is 0 Å². The van der Waals surface area contributed by atoms with E-state index in [2.05, 4.69) is 15.2 Å². The van der Waals surface area contributed by atoms with Crippen molar-refractivity contribution in [1.82, 2.24) is 24.6 Å². The average molecular weight is 335 g/mol. The Morgan fingerprint density at radius 1 is 1.43 bits per heavy atom. The molecule has 0 aliphatic rings. The third-order valence-electron chi connectivity index (χ3n) is 3.54. The van der Waals surface area contributed by atoms with Gasteiger partial charge in [0.05, 0.1) is 18.4 Å². The van der Waals surface area contributed by atoms with E-state index < -0.39 is 0 Å². The van der Waals surface area contributed by atoms with Crippen LogP contribution in [0.3, 0.4) is 0 Å². The van der Waals surface area contributed by atoms with Gasteiger partial charge >= 0.3 is 0 Å². The van der Waals surface area contributed by atoms with Gasteiger partial charge < -0.3 is 14.6 Å². The van der Waals surface area contributed by atoms with E-state index in [0.717, 1.165) is 5.56 Å². The molecule has 0 aliphatic heterocycles. The number of aliphatic hydroxyl groups excluding tert-OH is 1. The molecule has 2 rings (SSSR count). The molecule has 1 N–H and O–H groups in total. The average Bonchev–Trinajstić information content (AvgIpc) is 2.99. The molecule has 8 heteroatoms. The zero-order chi connectivity index (χ0) is 16.7. The van der Waals surface area contributed by atoms with Crippen LogP contribution in [-0.4, -0.2) is 54.1 Å². The molecular formula is C15H21N5O2S. The molecule has 7 nitrogen and oxygen atoms in total. The Labute approximate surface area is 139 Å². The summed E-state index contributed by atoms with van der Waals surface area (Å²) in [5, 5.41) is 18.0. The number of nitrogens with zero attached hydrogens (tertiary/aromatic N) is 5. The summed E-state index contributed by atoms with van der Waals surface area (Å²) >= 11 is 1.34. The van der Waals surface area contributed by atoms with Gasteiger partial charge in [-0.15, -0.1) is 10.2 Å². The normalized spacial score (nSPS) is 12.1. The molecule has 1 atom stereocenters. The van der Waals surface area contributed by atoms with E-state index in [0.29, 0.717) is 18.1 Å². The first kappa shape index (κ1) is 17.4. The molecule has 0 radical (unpaired) electrons. The fourth-order valence-corrected chi connectivity index (χ4v) is 2.94. The van der Waals surface area contributed by atoms with E-state index in [1.165, 1.54) is 11.8 Å². The Kier molecular flexibility index (Phi) is 6.54. The highest BCUT2D eigenvalue weighted by atomic mass is 32.2. The quantitative estimate of drug-likeness (QED) is 0.727. The van der Waals surface area contributed by atoms with E-state index in [4.69, 9.17) is 0 Å². The summed E-state index contributed by atoms with van der Waals surface area (Å²) in [5.74, 6) is 0.226. The Bertz CT molecular complexity index is 615. The van der Waals surface area contributed by atoms with Crippen LogP contribution in [0, 0.1) is 0 Å².